The summed E-state index contributed by atoms with van der Waals surface area (Å²) in [4.78, 5) is 35.4. The lowest BCUT2D eigenvalue weighted by molar-refractivity contribution is -0.123. The van der Waals surface area contributed by atoms with Gasteiger partial charge in [-0.1, -0.05) is 6.07 Å². The van der Waals surface area contributed by atoms with Crippen molar-refractivity contribution < 1.29 is 23.9 Å². The zero-order valence-electron chi connectivity index (χ0n) is 13.1. The second-order valence-corrected chi connectivity index (χ2v) is 5.71. The average molecular weight is 348 g/mol. The first kappa shape index (κ1) is 17.5. The molecule has 0 aliphatic heterocycles. The first-order valence-corrected chi connectivity index (χ1v) is 7.83. The van der Waals surface area contributed by atoms with E-state index in [0.717, 1.165) is 11.3 Å². The lowest BCUT2D eigenvalue weighted by Crippen LogP contribution is -2.30. The van der Waals surface area contributed by atoms with Crippen LogP contribution in [0.5, 0.6) is 5.75 Å². The number of benzene rings is 1. The maximum Gasteiger partial charge on any atom is 0.339 e. The van der Waals surface area contributed by atoms with Crippen molar-refractivity contribution in [3.05, 3.63) is 46.8 Å². The van der Waals surface area contributed by atoms with Crippen LogP contribution < -0.4 is 15.8 Å². The Morgan fingerprint density at radius 2 is 2.00 bits per heavy atom. The molecule has 0 fully saturated rings. The number of hydrogen-bond acceptors (Lipinski definition) is 6. The molecule has 0 radical (unpaired) electrons. The molecule has 126 valence electrons. The Morgan fingerprint density at radius 1 is 1.25 bits per heavy atom. The highest BCUT2D eigenvalue weighted by atomic mass is 32.1. The molecule has 0 aliphatic carbocycles. The van der Waals surface area contributed by atoms with Crippen molar-refractivity contribution in [1.29, 1.82) is 0 Å². The molecule has 0 saturated heterocycles. The molecule has 0 saturated carbocycles. The third-order valence-corrected chi connectivity index (χ3v) is 3.96. The van der Waals surface area contributed by atoms with E-state index in [9.17, 15) is 14.4 Å². The Hall–Kier alpha value is -2.87. The van der Waals surface area contributed by atoms with Crippen LogP contribution in [0.2, 0.25) is 0 Å². The Kier molecular flexibility index (Phi) is 5.54. The van der Waals surface area contributed by atoms with E-state index in [-0.39, 0.29) is 11.1 Å². The topological polar surface area (TPSA) is 108 Å². The Morgan fingerprint density at radius 3 is 2.67 bits per heavy atom. The van der Waals surface area contributed by atoms with E-state index in [1.807, 2.05) is 0 Å². The zero-order valence-corrected chi connectivity index (χ0v) is 13.9. The second-order valence-electron chi connectivity index (χ2n) is 4.80. The van der Waals surface area contributed by atoms with E-state index in [1.54, 1.807) is 23.6 Å². The van der Waals surface area contributed by atoms with E-state index >= 15 is 0 Å². The van der Waals surface area contributed by atoms with Crippen LogP contribution in [0.25, 0.3) is 0 Å². The highest BCUT2D eigenvalue weighted by molar-refractivity contribution is 7.14. The van der Waals surface area contributed by atoms with E-state index in [1.165, 1.54) is 26.2 Å². The summed E-state index contributed by atoms with van der Waals surface area (Å²) < 4.78 is 10.2. The van der Waals surface area contributed by atoms with Crippen LogP contribution in [0.1, 0.15) is 27.6 Å². The fourth-order valence-corrected chi connectivity index (χ4v) is 2.64. The molecular weight excluding hydrogens is 332 g/mol. The number of hydrogen-bond donors (Lipinski definition) is 2. The van der Waals surface area contributed by atoms with Gasteiger partial charge < -0.3 is 20.5 Å². The Labute approximate surface area is 142 Å². The lowest BCUT2D eigenvalue weighted by Gasteiger charge is -2.13. The van der Waals surface area contributed by atoms with Crippen LogP contribution in [0.3, 0.4) is 0 Å². The standard InChI is InChI=1S/C16H16N2O5S/c1-9(14(20)18-15-12(13(17)19)6-7-24-15)23-16(21)10-4-3-5-11(8-10)22-2/h3-9H,1-2H3,(H2,17,19)(H,18,20)/t9-/m1/s1. The van der Waals surface area contributed by atoms with E-state index in [4.69, 9.17) is 15.2 Å². The summed E-state index contributed by atoms with van der Waals surface area (Å²) in [6.07, 6.45) is -1.05. The molecule has 0 unspecified atom stereocenters. The molecule has 1 heterocycles. The van der Waals surface area contributed by atoms with Crippen LogP contribution in [-0.2, 0) is 9.53 Å². The number of nitrogens with two attached hydrogens (primary N) is 1. The van der Waals surface area contributed by atoms with Crippen LogP contribution in [0.4, 0.5) is 5.00 Å². The van der Waals surface area contributed by atoms with Gasteiger partial charge in [-0.3, -0.25) is 9.59 Å². The van der Waals surface area contributed by atoms with Crippen molar-refractivity contribution in [2.75, 3.05) is 12.4 Å². The molecule has 2 amide bonds. The summed E-state index contributed by atoms with van der Waals surface area (Å²) in [6, 6.07) is 7.91. The quantitative estimate of drug-likeness (QED) is 0.777. The van der Waals surface area contributed by atoms with Gasteiger partial charge in [0.1, 0.15) is 10.8 Å². The number of amides is 2. The first-order chi connectivity index (χ1) is 11.4. The molecule has 7 nitrogen and oxygen atoms in total. The first-order valence-electron chi connectivity index (χ1n) is 6.95. The largest absolute Gasteiger partial charge is 0.497 e. The van der Waals surface area contributed by atoms with Crippen molar-refractivity contribution in [2.24, 2.45) is 5.73 Å². The van der Waals surface area contributed by atoms with E-state index in [2.05, 4.69) is 5.32 Å². The molecule has 2 rings (SSSR count). The third kappa shape index (κ3) is 4.11. The molecular formula is C16H16N2O5S. The minimum atomic E-state index is -1.05. The fraction of sp³-hybridized carbons (Fsp3) is 0.188. The minimum absolute atomic E-state index is 0.208. The van der Waals surface area contributed by atoms with Crippen LogP contribution in [0.15, 0.2) is 35.7 Å². The molecule has 1 atom stereocenters. The maximum atomic E-state index is 12.1. The number of nitrogens with one attached hydrogen (secondary N) is 1. The van der Waals surface area contributed by atoms with Crippen molar-refractivity contribution in [1.82, 2.24) is 0 Å². The van der Waals surface area contributed by atoms with Gasteiger partial charge in [0.15, 0.2) is 6.10 Å². The summed E-state index contributed by atoms with van der Waals surface area (Å²) in [6.45, 7) is 1.44. The molecule has 2 aromatic rings. The van der Waals surface area contributed by atoms with Crippen molar-refractivity contribution >= 4 is 34.1 Å². The number of ether oxygens (including phenoxy) is 2. The van der Waals surface area contributed by atoms with Crippen molar-refractivity contribution in [2.45, 2.75) is 13.0 Å². The van der Waals surface area contributed by atoms with Gasteiger partial charge in [-0.2, -0.15) is 0 Å². The van der Waals surface area contributed by atoms with Crippen molar-refractivity contribution in [3.63, 3.8) is 0 Å². The SMILES string of the molecule is COc1cccc(C(=O)O[C@H](C)C(=O)Nc2sccc2C(N)=O)c1. The van der Waals surface area contributed by atoms with Gasteiger partial charge in [0.2, 0.25) is 0 Å². The molecule has 0 bridgehead atoms. The van der Waals surface area contributed by atoms with Gasteiger partial charge in [-0.05, 0) is 36.6 Å². The van der Waals surface area contributed by atoms with Gasteiger partial charge in [-0.15, -0.1) is 11.3 Å². The van der Waals surface area contributed by atoms with Crippen LogP contribution in [-0.4, -0.2) is 31.0 Å². The number of thiophene rings is 1. The summed E-state index contributed by atoms with van der Waals surface area (Å²) >= 11 is 1.15. The van der Waals surface area contributed by atoms with Gasteiger partial charge in [-0.25, -0.2) is 4.79 Å². The molecule has 8 heteroatoms. The normalized spacial score (nSPS) is 11.4. The molecule has 1 aromatic heterocycles. The van der Waals surface area contributed by atoms with Gasteiger partial charge in [0.05, 0.1) is 18.2 Å². The number of rotatable bonds is 6. The Balaban J connectivity index is 2.01. The van der Waals surface area contributed by atoms with Gasteiger partial charge in [0.25, 0.3) is 11.8 Å². The number of carbonyl (C=O) groups is 3. The summed E-state index contributed by atoms with van der Waals surface area (Å²) in [5.41, 5.74) is 5.69. The van der Waals surface area contributed by atoms with Gasteiger partial charge in [0, 0.05) is 0 Å². The molecule has 1 aromatic carbocycles. The fourth-order valence-electron chi connectivity index (χ4n) is 1.85. The van der Waals surface area contributed by atoms with Crippen LogP contribution >= 0.6 is 11.3 Å². The lowest BCUT2D eigenvalue weighted by atomic mass is 10.2. The zero-order chi connectivity index (χ0) is 17.7. The van der Waals surface area contributed by atoms with E-state index in [0.29, 0.717) is 10.8 Å². The number of primary amides is 1. The number of anilines is 1. The van der Waals surface area contributed by atoms with Crippen LogP contribution in [0, 0.1) is 0 Å². The smallest absolute Gasteiger partial charge is 0.339 e. The highest BCUT2D eigenvalue weighted by Gasteiger charge is 2.21. The number of methoxy groups -OCH3 is 1. The number of esters is 1. The third-order valence-electron chi connectivity index (χ3n) is 3.13. The summed E-state index contributed by atoms with van der Waals surface area (Å²) in [7, 11) is 1.48. The molecule has 3 N–H and O–H groups in total. The minimum Gasteiger partial charge on any atom is -0.497 e. The predicted molar refractivity (Wildman–Crippen MR) is 89.3 cm³/mol. The van der Waals surface area contributed by atoms with Crippen molar-refractivity contribution in [3.8, 4) is 5.75 Å². The number of carbonyl (C=O) groups excluding carboxylic acids is 3. The molecule has 24 heavy (non-hydrogen) atoms. The maximum absolute atomic E-state index is 12.1. The molecule has 0 aliphatic rings. The monoisotopic (exact) mass is 348 g/mol. The average Bonchev–Trinajstić information content (AvgIpc) is 3.03. The Bertz CT molecular complexity index is 771. The predicted octanol–water partition coefficient (Wildman–Crippen LogP) is 2.04. The van der Waals surface area contributed by atoms with E-state index < -0.39 is 23.9 Å². The second kappa shape index (κ2) is 7.60. The summed E-state index contributed by atoms with van der Waals surface area (Å²) in [5.74, 6) is -1.35. The van der Waals surface area contributed by atoms with Gasteiger partial charge >= 0.3 is 5.97 Å². The molecule has 0 spiro atoms. The summed E-state index contributed by atoms with van der Waals surface area (Å²) in [5, 5.41) is 4.47. The highest BCUT2D eigenvalue weighted by Crippen LogP contribution is 2.23.